The lowest BCUT2D eigenvalue weighted by atomic mass is 9.76. The van der Waals surface area contributed by atoms with E-state index in [1.807, 2.05) is 4.72 Å². The second-order valence-corrected chi connectivity index (χ2v) is 12.0. The van der Waals surface area contributed by atoms with Crippen molar-refractivity contribution in [3.05, 3.63) is 28.5 Å². The van der Waals surface area contributed by atoms with Gasteiger partial charge in [0, 0.05) is 6.07 Å². The molecule has 1 heterocycles. The first-order valence-electron chi connectivity index (χ1n) is 11.6. The molecule has 0 bridgehead atoms. The number of nitrogens with zero attached hydrogens (tertiary/aromatic N) is 1. The van der Waals surface area contributed by atoms with Crippen molar-refractivity contribution < 1.29 is 22.3 Å². The quantitative estimate of drug-likeness (QED) is 0.590. The maximum Gasteiger partial charge on any atom is 0.267 e. The minimum atomic E-state index is -3.76. The van der Waals surface area contributed by atoms with Crippen LogP contribution in [0.15, 0.2) is 12.1 Å². The predicted molar refractivity (Wildman–Crippen MR) is 122 cm³/mol. The van der Waals surface area contributed by atoms with Crippen LogP contribution in [0.2, 0.25) is 5.02 Å². The topological polar surface area (TPSA) is 75.7 Å². The van der Waals surface area contributed by atoms with Crippen molar-refractivity contribution in [1.82, 2.24) is 9.62 Å². The van der Waals surface area contributed by atoms with Crippen molar-refractivity contribution in [2.24, 2.45) is 11.3 Å². The summed E-state index contributed by atoms with van der Waals surface area (Å²) in [6, 6.07) is 2.20. The Morgan fingerprint density at radius 1 is 1.25 bits per heavy atom. The van der Waals surface area contributed by atoms with Crippen LogP contribution < -0.4 is 9.46 Å². The van der Waals surface area contributed by atoms with E-state index in [1.165, 1.54) is 45.2 Å². The average molecular weight is 487 g/mol. The van der Waals surface area contributed by atoms with Gasteiger partial charge in [0.25, 0.3) is 5.91 Å². The first-order valence-corrected chi connectivity index (χ1v) is 13.5. The van der Waals surface area contributed by atoms with E-state index < -0.39 is 32.6 Å². The Kier molecular flexibility index (Phi) is 7.03. The molecule has 0 aromatic heterocycles. The molecule has 3 aliphatic rings. The molecule has 1 spiro atoms. The Bertz CT molecular complexity index is 959. The number of carbonyl (C=O) groups excluding carboxylic acids is 1. The second-order valence-electron chi connectivity index (χ2n) is 9.62. The number of carbonyl (C=O) groups is 1. The molecule has 2 saturated carbocycles. The van der Waals surface area contributed by atoms with Crippen LogP contribution in [-0.2, 0) is 10.0 Å². The lowest BCUT2D eigenvalue weighted by Gasteiger charge is -2.39. The van der Waals surface area contributed by atoms with Crippen LogP contribution in [0.5, 0.6) is 5.75 Å². The third-order valence-electron chi connectivity index (χ3n) is 7.42. The van der Waals surface area contributed by atoms with Crippen LogP contribution in [0, 0.1) is 17.2 Å². The van der Waals surface area contributed by atoms with Crippen molar-refractivity contribution in [2.45, 2.75) is 63.5 Å². The smallest absolute Gasteiger partial charge is 0.267 e. The van der Waals surface area contributed by atoms with Gasteiger partial charge >= 0.3 is 0 Å². The fourth-order valence-corrected chi connectivity index (χ4v) is 6.68. The van der Waals surface area contributed by atoms with E-state index in [4.69, 9.17) is 16.3 Å². The van der Waals surface area contributed by atoms with Crippen LogP contribution in [0.1, 0.15) is 68.6 Å². The Hall–Kier alpha value is -1.38. The number of hydrogen-bond acceptors (Lipinski definition) is 5. The summed E-state index contributed by atoms with van der Waals surface area (Å²) in [5.41, 5.74) is 0.0818. The third kappa shape index (κ3) is 5.39. The second kappa shape index (κ2) is 9.47. The first kappa shape index (κ1) is 23.8. The molecule has 3 fully saturated rings. The number of rotatable bonds is 8. The van der Waals surface area contributed by atoms with E-state index in [0.717, 1.165) is 25.1 Å². The van der Waals surface area contributed by atoms with E-state index in [0.29, 0.717) is 30.8 Å². The van der Waals surface area contributed by atoms with Gasteiger partial charge in [-0.15, -0.1) is 0 Å². The van der Waals surface area contributed by atoms with Gasteiger partial charge in [-0.2, -0.15) is 0 Å². The van der Waals surface area contributed by atoms with Crippen LogP contribution in [0.25, 0.3) is 0 Å². The lowest BCUT2D eigenvalue weighted by Crippen LogP contribution is -2.38. The maximum atomic E-state index is 14.5. The molecule has 1 saturated heterocycles. The van der Waals surface area contributed by atoms with Gasteiger partial charge < -0.3 is 9.64 Å². The van der Waals surface area contributed by atoms with Crippen molar-refractivity contribution in [3.8, 4) is 5.75 Å². The maximum absolute atomic E-state index is 14.5. The Labute approximate surface area is 194 Å². The lowest BCUT2D eigenvalue weighted by molar-refractivity contribution is 0.0977. The molecule has 4 rings (SSSR count). The molecule has 0 radical (unpaired) electrons. The summed E-state index contributed by atoms with van der Waals surface area (Å²) in [5.74, 6) is -1.08. The molecule has 1 N–H and O–H groups in total. The highest BCUT2D eigenvalue weighted by atomic mass is 35.5. The molecule has 1 aliphatic heterocycles. The fourth-order valence-electron chi connectivity index (χ4n) is 5.17. The number of likely N-dealkylation sites (tertiary alicyclic amines) is 1. The summed E-state index contributed by atoms with van der Waals surface area (Å²) < 4.78 is 46.0. The van der Waals surface area contributed by atoms with Gasteiger partial charge in [0.2, 0.25) is 10.0 Å². The van der Waals surface area contributed by atoms with Crippen molar-refractivity contribution in [3.63, 3.8) is 0 Å². The highest BCUT2D eigenvalue weighted by Gasteiger charge is 2.41. The summed E-state index contributed by atoms with van der Waals surface area (Å²) in [6.07, 6.45) is 8.16. The number of amides is 1. The van der Waals surface area contributed by atoms with Gasteiger partial charge in [-0.25, -0.2) is 17.5 Å². The van der Waals surface area contributed by atoms with Crippen LogP contribution >= 0.6 is 11.6 Å². The first-order chi connectivity index (χ1) is 15.2. The van der Waals surface area contributed by atoms with Crippen molar-refractivity contribution in [2.75, 3.05) is 26.2 Å². The minimum absolute atomic E-state index is 0.0928. The van der Waals surface area contributed by atoms with Gasteiger partial charge in [0.05, 0.1) is 22.4 Å². The SMILES string of the molecule is CCN1CCC2(CCC(CCOc3cc(F)c(C(=O)NS(=O)(=O)C4CC4)cc3Cl)C2)CC1. The van der Waals surface area contributed by atoms with E-state index in [2.05, 4.69) is 11.8 Å². The number of ether oxygens (including phenoxy) is 1. The molecule has 1 unspecified atom stereocenters. The summed E-state index contributed by atoms with van der Waals surface area (Å²) in [7, 11) is -3.76. The highest BCUT2D eigenvalue weighted by molar-refractivity contribution is 7.91. The summed E-state index contributed by atoms with van der Waals surface area (Å²) >= 11 is 6.21. The molecule has 178 valence electrons. The van der Waals surface area contributed by atoms with Crippen LogP contribution in [0.3, 0.4) is 0 Å². The standard InChI is InChI=1S/C23H32ClFN2O4S/c1-2-27-10-8-23(9-11-27)7-5-16(15-23)6-12-31-21-14-20(25)18(13-19(21)24)22(28)26-32(29,30)17-3-4-17/h13-14,16-17H,2-12,15H2,1H3,(H,26,28). The number of hydrogen-bond donors (Lipinski definition) is 1. The molecule has 1 amide bonds. The molecule has 2 aliphatic carbocycles. The number of piperidine rings is 1. The zero-order valence-corrected chi connectivity index (χ0v) is 20.1. The molecule has 1 atom stereocenters. The van der Waals surface area contributed by atoms with Gasteiger partial charge in [-0.1, -0.05) is 18.5 Å². The number of nitrogens with one attached hydrogen (secondary N) is 1. The monoisotopic (exact) mass is 486 g/mol. The van der Waals surface area contributed by atoms with Crippen LogP contribution in [0.4, 0.5) is 4.39 Å². The number of sulfonamides is 1. The van der Waals surface area contributed by atoms with E-state index >= 15 is 0 Å². The minimum Gasteiger partial charge on any atom is -0.492 e. The normalized spacial score (nSPS) is 23.4. The van der Waals surface area contributed by atoms with Gasteiger partial charge in [0.1, 0.15) is 11.6 Å². The molecule has 1 aromatic carbocycles. The van der Waals surface area contributed by atoms with Gasteiger partial charge in [-0.3, -0.25) is 4.79 Å². The van der Waals surface area contributed by atoms with E-state index in [1.54, 1.807) is 0 Å². The molecule has 6 nitrogen and oxygen atoms in total. The average Bonchev–Trinajstić information content (AvgIpc) is 3.55. The van der Waals surface area contributed by atoms with Gasteiger partial charge in [-0.05, 0) is 88.4 Å². The fraction of sp³-hybridized carbons (Fsp3) is 0.696. The van der Waals surface area contributed by atoms with Gasteiger partial charge in [0.15, 0.2) is 0 Å². The molecule has 1 aromatic rings. The van der Waals surface area contributed by atoms with Crippen LogP contribution in [-0.4, -0.2) is 50.7 Å². The van der Waals surface area contributed by atoms with Crippen molar-refractivity contribution >= 4 is 27.5 Å². The zero-order chi connectivity index (χ0) is 22.9. The van der Waals surface area contributed by atoms with E-state index in [-0.39, 0.29) is 10.8 Å². The Balaban J connectivity index is 1.29. The number of halogens is 2. The summed E-state index contributed by atoms with van der Waals surface area (Å²) in [6.45, 7) is 6.16. The summed E-state index contributed by atoms with van der Waals surface area (Å²) in [4.78, 5) is 14.7. The summed E-state index contributed by atoms with van der Waals surface area (Å²) in [5, 5.41) is -0.475. The van der Waals surface area contributed by atoms with Crippen molar-refractivity contribution in [1.29, 1.82) is 0 Å². The molecular formula is C23H32ClFN2O4S. The largest absolute Gasteiger partial charge is 0.492 e. The molecular weight excluding hydrogens is 455 g/mol. The Morgan fingerprint density at radius 2 is 1.97 bits per heavy atom. The molecule has 9 heteroatoms. The highest BCUT2D eigenvalue weighted by Crippen LogP contribution is 2.49. The molecule has 32 heavy (non-hydrogen) atoms. The predicted octanol–water partition coefficient (Wildman–Crippen LogP) is 4.37. The Morgan fingerprint density at radius 3 is 2.62 bits per heavy atom. The number of benzene rings is 1. The van der Waals surface area contributed by atoms with E-state index in [9.17, 15) is 17.6 Å². The zero-order valence-electron chi connectivity index (χ0n) is 18.5. The third-order valence-corrected chi connectivity index (χ3v) is 9.53.